The molecule has 1 aromatic heterocycles. The number of para-hydroxylation sites is 2. The summed E-state index contributed by atoms with van der Waals surface area (Å²) in [4.78, 5) is 17.4. The molecule has 23 heavy (non-hydrogen) atoms. The number of hydrogen-bond donors (Lipinski definition) is 2. The van der Waals surface area contributed by atoms with Gasteiger partial charge in [0.2, 0.25) is 11.9 Å². The summed E-state index contributed by atoms with van der Waals surface area (Å²) >= 11 is 0. The van der Waals surface area contributed by atoms with Crippen LogP contribution in [0.2, 0.25) is 0 Å². The number of carbonyl (C=O) groups is 1. The van der Waals surface area contributed by atoms with Gasteiger partial charge in [0.15, 0.2) is 0 Å². The standard InChI is InChI=1S/C18H24N4O/c1-2-11-22-14-8-4-3-7-13(14)20-17(22)21-16(23)15-18(12-19-15)9-5-6-10-18/h3-4,7-8,15,19H,2,5-6,9-12H2,1H3,(H,20,21,23). The normalized spacial score (nSPS) is 22.4. The van der Waals surface area contributed by atoms with Crippen LogP contribution >= 0.6 is 0 Å². The molecule has 2 fully saturated rings. The molecule has 0 bridgehead atoms. The van der Waals surface area contributed by atoms with Crippen molar-refractivity contribution >= 4 is 22.9 Å². The summed E-state index contributed by atoms with van der Waals surface area (Å²) in [6.07, 6.45) is 5.85. The number of amides is 1. The largest absolute Gasteiger partial charge is 0.310 e. The molecular weight excluding hydrogens is 288 g/mol. The first-order chi connectivity index (χ1) is 11.2. The second kappa shape index (κ2) is 5.64. The number of hydrogen-bond acceptors (Lipinski definition) is 3. The fourth-order valence-corrected chi connectivity index (χ4v) is 4.21. The monoisotopic (exact) mass is 312 g/mol. The van der Waals surface area contributed by atoms with Crippen molar-refractivity contribution in [3.63, 3.8) is 0 Å². The highest BCUT2D eigenvalue weighted by Crippen LogP contribution is 2.45. The van der Waals surface area contributed by atoms with Gasteiger partial charge in [0.05, 0.1) is 17.1 Å². The average molecular weight is 312 g/mol. The number of benzene rings is 1. The molecule has 1 saturated heterocycles. The van der Waals surface area contributed by atoms with Crippen LogP contribution in [-0.4, -0.2) is 28.0 Å². The SMILES string of the molecule is CCCn1c(NC(=O)C2NCC23CCCC3)nc2ccccc21. The molecular formula is C18H24N4O. The minimum Gasteiger partial charge on any atom is -0.310 e. The van der Waals surface area contributed by atoms with Crippen LogP contribution in [-0.2, 0) is 11.3 Å². The summed E-state index contributed by atoms with van der Waals surface area (Å²) in [6, 6.07) is 8.01. The van der Waals surface area contributed by atoms with Crippen LogP contribution in [0.5, 0.6) is 0 Å². The van der Waals surface area contributed by atoms with E-state index in [9.17, 15) is 4.79 Å². The number of nitrogens with zero attached hydrogens (tertiary/aromatic N) is 2. The lowest BCUT2D eigenvalue weighted by molar-refractivity contribution is -0.125. The zero-order chi connectivity index (χ0) is 15.9. The molecule has 5 nitrogen and oxygen atoms in total. The van der Waals surface area contributed by atoms with Gasteiger partial charge >= 0.3 is 0 Å². The Bertz CT molecular complexity index is 730. The molecule has 1 unspecified atom stereocenters. The minimum absolute atomic E-state index is 0.0557. The summed E-state index contributed by atoms with van der Waals surface area (Å²) in [5.41, 5.74) is 2.22. The van der Waals surface area contributed by atoms with E-state index in [-0.39, 0.29) is 17.4 Å². The number of fused-ring (bicyclic) bond motifs is 1. The highest BCUT2D eigenvalue weighted by Gasteiger charge is 2.51. The number of nitrogens with one attached hydrogen (secondary N) is 2. The average Bonchev–Trinajstić information content (AvgIpc) is 3.14. The molecule has 0 radical (unpaired) electrons. The van der Waals surface area contributed by atoms with Crippen molar-refractivity contribution in [3.05, 3.63) is 24.3 Å². The molecule has 5 heteroatoms. The summed E-state index contributed by atoms with van der Waals surface area (Å²) in [7, 11) is 0. The van der Waals surface area contributed by atoms with Gasteiger partial charge in [0, 0.05) is 18.5 Å². The summed E-state index contributed by atoms with van der Waals surface area (Å²) in [5, 5.41) is 6.42. The second-order valence-corrected chi connectivity index (χ2v) is 6.95. The molecule has 2 aliphatic rings. The predicted octanol–water partition coefficient (Wildman–Crippen LogP) is 2.92. The van der Waals surface area contributed by atoms with Crippen molar-refractivity contribution < 1.29 is 4.79 Å². The number of rotatable bonds is 4. The van der Waals surface area contributed by atoms with Gasteiger partial charge in [-0.3, -0.25) is 10.1 Å². The van der Waals surface area contributed by atoms with E-state index in [4.69, 9.17) is 0 Å². The molecule has 1 spiro atoms. The van der Waals surface area contributed by atoms with E-state index < -0.39 is 0 Å². The first kappa shape index (κ1) is 14.7. The van der Waals surface area contributed by atoms with E-state index in [0.717, 1.165) is 30.5 Å². The van der Waals surface area contributed by atoms with Gasteiger partial charge < -0.3 is 9.88 Å². The Labute approximate surface area is 136 Å². The third-order valence-electron chi connectivity index (χ3n) is 5.47. The number of aromatic nitrogens is 2. The molecule has 1 amide bonds. The van der Waals surface area contributed by atoms with E-state index in [1.165, 1.54) is 25.7 Å². The van der Waals surface area contributed by atoms with Crippen molar-refractivity contribution in [1.82, 2.24) is 14.9 Å². The van der Waals surface area contributed by atoms with Gasteiger partial charge in [-0.2, -0.15) is 0 Å². The molecule has 4 rings (SSSR count). The van der Waals surface area contributed by atoms with Crippen LogP contribution in [0.25, 0.3) is 11.0 Å². The highest BCUT2D eigenvalue weighted by molar-refractivity contribution is 5.96. The maximum Gasteiger partial charge on any atom is 0.244 e. The van der Waals surface area contributed by atoms with Crippen molar-refractivity contribution in [2.24, 2.45) is 5.41 Å². The smallest absolute Gasteiger partial charge is 0.244 e. The Morgan fingerprint density at radius 1 is 1.39 bits per heavy atom. The topological polar surface area (TPSA) is 59.0 Å². The molecule has 2 heterocycles. The van der Waals surface area contributed by atoms with Crippen molar-refractivity contribution in [2.45, 2.75) is 51.6 Å². The number of anilines is 1. The third-order valence-corrected chi connectivity index (χ3v) is 5.47. The van der Waals surface area contributed by atoms with E-state index in [1.54, 1.807) is 0 Å². The molecule has 122 valence electrons. The summed E-state index contributed by atoms with van der Waals surface area (Å²) in [5.74, 6) is 0.755. The highest BCUT2D eigenvalue weighted by atomic mass is 16.2. The number of imidazole rings is 1. The van der Waals surface area contributed by atoms with Crippen LogP contribution in [0.4, 0.5) is 5.95 Å². The zero-order valence-corrected chi connectivity index (χ0v) is 13.6. The van der Waals surface area contributed by atoms with Gasteiger partial charge in [-0.25, -0.2) is 4.98 Å². The van der Waals surface area contributed by atoms with Crippen LogP contribution in [0.3, 0.4) is 0 Å². The molecule has 1 aliphatic heterocycles. The lowest BCUT2D eigenvalue weighted by Crippen LogP contribution is -2.66. The van der Waals surface area contributed by atoms with Crippen LogP contribution < -0.4 is 10.6 Å². The minimum atomic E-state index is -0.0557. The Morgan fingerprint density at radius 3 is 2.87 bits per heavy atom. The Morgan fingerprint density at radius 2 is 2.17 bits per heavy atom. The van der Waals surface area contributed by atoms with Gasteiger partial charge in [-0.15, -0.1) is 0 Å². The van der Waals surface area contributed by atoms with Crippen molar-refractivity contribution in [1.29, 1.82) is 0 Å². The fraction of sp³-hybridized carbons (Fsp3) is 0.556. The Balaban J connectivity index is 1.60. The zero-order valence-electron chi connectivity index (χ0n) is 13.6. The molecule has 1 saturated carbocycles. The van der Waals surface area contributed by atoms with E-state index in [0.29, 0.717) is 5.95 Å². The second-order valence-electron chi connectivity index (χ2n) is 6.95. The fourth-order valence-electron chi connectivity index (χ4n) is 4.21. The summed E-state index contributed by atoms with van der Waals surface area (Å²) in [6.45, 7) is 3.98. The van der Waals surface area contributed by atoms with Crippen LogP contribution in [0.15, 0.2) is 24.3 Å². The maximum atomic E-state index is 12.8. The van der Waals surface area contributed by atoms with Gasteiger partial charge in [0.1, 0.15) is 0 Å². The first-order valence-electron chi connectivity index (χ1n) is 8.73. The van der Waals surface area contributed by atoms with Gasteiger partial charge in [0.25, 0.3) is 0 Å². The van der Waals surface area contributed by atoms with E-state index in [1.807, 2.05) is 18.2 Å². The lowest BCUT2D eigenvalue weighted by Gasteiger charge is -2.47. The maximum absolute atomic E-state index is 12.8. The summed E-state index contributed by atoms with van der Waals surface area (Å²) < 4.78 is 2.12. The Kier molecular flexibility index (Phi) is 3.60. The van der Waals surface area contributed by atoms with Crippen molar-refractivity contribution in [2.75, 3.05) is 11.9 Å². The molecule has 2 N–H and O–H groups in total. The number of carbonyl (C=O) groups excluding carboxylic acids is 1. The third kappa shape index (κ3) is 2.34. The van der Waals surface area contributed by atoms with Crippen molar-refractivity contribution in [3.8, 4) is 0 Å². The molecule has 1 aromatic carbocycles. The van der Waals surface area contributed by atoms with E-state index in [2.05, 4.69) is 33.2 Å². The van der Waals surface area contributed by atoms with Crippen LogP contribution in [0, 0.1) is 5.41 Å². The van der Waals surface area contributed by atoms with Crippen LogP contribution in [0.1, 0.15) is 39.0 Å². The lowest BCUT2D eigenvalue weighted by atomic mass is 9.71. The Hall–Kier alpha value is -1.88. The van der Waals surface area contributed by atoms with Gasteiger partial charge in [-0.05, 0) is 31.4 Å². The quantitative estimate of drug-likeness (QED) is 0.912. The first-order valence-corrected chi connectivity index (χ1v) is 8.73. The molecule has 1 aliphatic carbocycles. The van der Waals surface area contributed by atoms with Gasteiger partial charge in [-0.1, -0.05) is 31.9 Å². The number of aryl methyl sites for hydroxylation is 1. The molecule has 1 atom stereocenters. The van der Waals surface area contributed by atoms with E-state index >= 15 is 0 Å². The molecule has 2 aromatic rings. The predicted molar refractivity (Wildman–Crippen MR) is 91.3 cm³/mol.